The number of halogens is 1. The van der Waals surface area contributed by atoms with Crippen LogP contribution in [-0.2, 0) is 6.42 Å². The number of methoxy groups -OCH3 is 2. The number of ether oxygens (including phenoxy) is 2. The maximum Gasteiger partial charge on any atom is 0.169 e. The molecule has 1 aromatic heterocycles. The second-order valence-corrected chi connectivity index (χ2v) is 5.18. The Bertz CT molecular complexity index is 870. The number of nitrogens with one attached hydrogen (secondary N) is 1. The van der Waals surface area contributed by atoms with Gasteiger partial charge in [-0.3, -0.25) is 4.79 Å². The summed E-state index contributed by atoms with van der Waals surface area (Å²) in [5, 5.41) is 0.593. The van der Waals surface area contributed by atoms with Crippen LogP contribution in [0.2, 0.25) is 0 Å². The molecular weight excluding hydrogens is 297 g/mol. The highest BCUT2D eigenvalue weighted by atomic mass is 19.1. The number of Topliss-reactive ketones (excluding diaryl/α,β-unsaturated/α-hetero) is 1. The van der Waals surface area contributed by atoms with Crippen molar-refractivity contribution in [3.63, 3.8) is 0 Å². The van der Waals surface area contributed by atoms with E-state index in [9.17, 15) is 9.18 Å². The van der Waals surface area contributed by atoms with Crippen LogP contribution in [0.15, 0.2) is 42.6 Å². The van der Waals surface area contributed by atoms with E-state index in [0.717, 1.165) is 11.1 Å². The van der Waals surface area contributed by atoms with Crippen molar-refractivity contribution in [2.24, 2.45) is 0 Å². The second-order valence-electron chi connectivity index (χ2n) is 5.18. The first kappa shape index (κ1) is 15.1. The number of hydrogen-bond acceptors (Lipinski definition) is 3. The molecule has 0 spiro atoms. The molecule has 0 fully saturated rings. The molecule has 5 heteroatoms. The maximum absolute atomic E-state index is 13.4. The van der Waals surface area contributed by atoms with Crippen LogP contribution in [0.4, 0.5) is 4.39 Å². The van der Waals surface area contributed by atoms with Gasteiger partial charge in [-0.15, -0.1) is 0 Å². The van der Waals surface area contributed by atoms with Gasteiger partial charge in [0.15, 0.2) is 17.3 Å². The van der Waals surface area contributed by atoms with Gasteiger partial charge in [0, 0.05) is 29.1 Å². The Hall–Kier alpha value is -2.82. The van der Waals surface area contributed by atoms with Gasteiger partial charge in [0.05, 0.1) is 14.2 Å². The largest absolute Gasteiger partial charge is 0.493 e. The number of hydrogen-bond donors (Lipinski definition) is 1. The van der Waals surface area contributed by atoms with Gasteiger partial charge in [-0.1, -0.05) is 6.07 Å². The Kier molecular flexibility index (Phi) is 4.02. The molecule has 4 nitrogen and oxygen atoms in total. The van der Waals surface area contributed by atoms with Crippen LogP contribution in [0.1, 0.15) is 15.9 Å². The molecule has 0 aliphatic heterocycles. The zero-order valence-electron chi connectivity index (χ0n) is 12.9. The molecule has 23 heavy (non-hydrogen) atoms. The van der Waals surface area contributed by atoms with E-state index in [-0.39, 0.29) is 18.0 Å². The van der Waals surface area contributed by atoms with Gasteiger partial charge in [-0.2, -0.15) is 0 Å². The van der Waals surface area contributed by atoms with Gasteiger partial charge >= 0.3 is 0 Å². The molecule has 0 bridgehead atoms. The summed E-state index contributed by atoms with van der Waals surface area (Å²) >= 11 is 0. The summed E-state index contributed by atoms with van der Waals surface area (Å²) in [6.07, 6.45) is 1.82. The summed E-state index contributed by atoms with van der Waals surface area (Å²) in [7, 11) is 3.11. The lowest BCUT2D eigenvalue weighted by Crippen LogP contribution is -2.03. The Morgan fingerprint density at radius 2 is 1.87 bits per heavy atom. The summed E-state index contributed by atoms with van der Waals surface area (Å²) in [6.45, 7) is 0. The normalized spacial score (nSPS) is 10.7. The lowest BCUT2D eigenvalue weighted by atomic mass is 10.0. The molecule has 118 valence electrons. The topological polar surface area (TPSA) is 51.3 Å². The van der Waals surface area contributed by atoms with E-state index >= 15 is 0 Å². The molecule has 3 rings (SSSR count). The number of carbonyl (C=O) groups excluding carboxylic acids is 1. The second kappa shape index (κ2) is 6.12. The first-order valence-electron chi connectivity index (χ1n) is 7.13. The van der Waals surface area contributed by atoms with E-state index in [0.29, 0.717) is 22.4 Å². The average Bonchev–Trinajstić information content (AvgIpc) is 2.97. The highest BCUT2D eigenvalue weighted by Gasteiger charge is 2.14. The van der Waals surface area contributed by atoms with E-state index in [2.05, 4.69) is 4.98 Å². The minimum absolute atomic E-state index is 0.0888. The van der Waals surface area contributed by atoms with Crippen molar-refractivity contribution in [3.8, 4) is 11.5 Å². The Morgan fingerprint density at radius 3 is 2.61 bits per heavy atom. The van der Waals surface area contributed by atoms with Crippen LogP contribution in [-0.4, -0.2) is 25.0 Å². The summed E-state index contributed by atoms with van der Waals surface area (Å²) in [5.74, 6) is 0.729. The minimum Gasteiger partial charge on any atom is -0.493 e. The van der Waals surface area contributed by atoms with Crippen molar-refractivity contribution in [1.29, 1.82) is 0 Å². The molecule has 0 saturated heterocycles. The number of ketones is 1. The van der Waals surface area contributed by atoms with Crippen LogP contribution < -0.4 is 9.47 Å². The van der Waals surface area contributed by atoms with Gasteiger partial charge in [0.2, 0.25) is 0 Å². The van der Waals surface area contributed by atoms with E-state index < -0.39 is 0 Å². The molecule has 0 aliphatic carbocycles. The van der Waals surface area contributed by atoms with Gasteiger partial charge in [-0.25, -0.2) is 4.39 Å². The molecule has 1 N–H and O–H groups in total. The van der Waals surface area contributed by atoms with Crippen molar-refractivity contribution in [2.45, 2.75) is 6.42 Å². The van der Waals surface area contributed by atoms with Crippen LogP contribution in [0.3, 0.4) is 0 Å². The maximum atomic E-state index is 13.4. The highest BCUT2D eigenvalue weighted by molar-refractivity contribution is 6.08. The standard InChI is InChI=1S/C18H16FNO3/c1-22-17-6-3-11(8-18(17)23-2)7-16(21)14-10-20-15-5-4-12(19)9-13(14)15/h3-6,8-10,20H,7H2,1-2H3. The monoisotopic (exact) mass is 313 g/mol. The predicted octanol–water partition coefficient (Wildman–Crippen LogP) is 3.75. The lowest BCUT2D eigenvalue weighted by Gasteiger charge is -2.09. The Labute approximate surface area is 132 Å². The number of fused-ring (bicyclic) bond motifs is 1. The zero-order valence-corrected chi connectivity index (χ0v) is 12.9. The number of rotatable bonds is 5. The molecular formula is C18H16FNO3. The summed E-state index contributed by atoms with van der Waals surface area (Å²) in [4.78, 5) is 15.5. The number of H-pyrrole nitrogens is 1. The molecule has 0 aliphatic rings. The molecule has 0 radical (unpaired) electrons. The smallest absolute Gasteiger partial charge is 0.169 e. The van der Waals surface area contributed by atoms with Crippen molar-refractivity contribution in [2.75, 3.05) is 14.2 Å². The number of benzene rings is 2. The van der Waals surface area contributed by atoms with Crippen molar-refractivity contribution in [1.82, 2.24) is 4.98 Å². The Balaban J connectivity index is 1.90. The van der Waals surface area contributed by atoms with E-state index in [1.807, 2.05) is 6.07 Å². The van der Waals surface area contributed by atoms with Gasteiger partial charge in [-0.05, 0) is 35.9 Å². The summed E-state index contributed by atoms with van der Waals surface area (Å²) in [5.41, 5.74) is 2.02. The SMILES string of the molecule is COc1ccc(CC(=O)c2c[nH]c3ccc(F)cc23)cc1OC. The first-order chi connectivity index (χ1) is 11.1. The third-order valence-electron chi connectivity index (χ3n) is 3.76. The van der Waals surface area contributed by atoms with Crippen LogP contribution in [0, 0.1) is 5.82 Å². The fourth-order valence-electron chi connectivity index (χ4n) is 2.59. The van der Waals surface area contributed by atoms with Gasteiger partial charge < -0.3 is 14.5 Å². The molecule has 0 atom stereocenters. The van der Waals surface area contributed by atoms with Crippen molar-refractivity contribution in [3.05, 3.63) is 59.5 Å². The number of aromatic nitrogens is 1. The summed E-state index contributed by atoms with van der Waals surface area (Å²) in [6, 6.07) is 9.70. The zero-order chi connectivity index (χ0) is 16.4. The fraction of sp³-hybridized carbons (Fsp3) is 0.167. The highest BCUT2D eigenvalue weighted by Crippen LogP contribution is 2.28. The molecule has 1 heterocycles. The molecule has 2 aromatic carbocycles. The van der Waals surface area contributed by atoms with Crippen molar-refractivity contribution < 1.29 is 18.7 Å². The molecule has 0 saturated carbocycles. The average molecular weight is 313 g/mol. The van der Waals surface area contributed by atoms with Gasteiger partial charge in [0.1, 0.15) is 5.82 Å². The number of carbonyl (C=O) groups is 1. The molecule has 3 aromatic rings. The van der Waals surface area contributed by atoms with Gasteiger partial charge in [0.25, 0.3) is 0 Å². The third-order valence-corrected chi connectivity index (χ3v) is 3.76. The van der Waals surface area contributed by atoms with Crippen LogP contribution in [0.25, 0.3) is 10.9 Å². The van der Waals surface area contributed by atoms with Crippen LogP contribution in [0.5, 0.6) is 11.5 Å². The first-order valence-corrected chi connectivity index (χ1v) is 7.13. The van der Waals surface area contributed by atoms with E-state index in [1.165, 1.54) is 12.1 Å². The van der Waals surface area contributed by atoms with Crippen molar-refractivity contribution >= 4 is 16.7 Å². The van der Waals surface area contributed by atoms with E-state index in [1.54, 1.807) is 38.6 Å². The summed E-state index contributed by atoms with van der Waals surface area (Å²) < 4.78 is 23.8. The lowest BCUT2D eigenvalue weighted by molar-refractivity contribution is 0.0994. The number of aromatic amines is 1. The quantitative estimate of drug-likeness (QED) is 0.730. The molecule has 0 unspecified atom stereocenters. The predicted molar refractivity (Wildman–Crippen MR) is 85.8 cm³/mol. The third kappa shape index (κ3) is 2.90. The minimum atomic E-state index is -0.364. The van der Waals surface area contributed by atoms with Crippen LogP contribution >= 0.6 is 0 Å². The molecule has 0 amide bonds. The van der Waals surface area contributed by atoms with E-state index in [4.69, 9.17) is 9.47 Å². The fourth-order valence-corrected chi connectivity index (χ4v) is 2.59. The Morgan fingerprint density at radius 1 is 1.09 bits per heavy atom.